The van der Waals surface area contributed by atoms with Gasteiger partial charge in [-0.05, 0) is 30.7 Å². The lowest BCUT2D eigenvalue weighted by Gasteiger charge is -2.10. The van der Waals surface area contributed by atoms with Crippen molar-refractivity contribution < 1.29 is 14.3 Å². The second-order valence-electron chi connectivity index (χ2n) is 7.66. The topological polar surface area (TPSA) is 115 Å². The fraction of sp³-hybridized carbons (Fsp3) is 0.227. The normalized spacial score (nSPS) is 15.6. The molecule has 5 rings (SSSR count). The van der Waals surface area contributed by atoms with Gasteiger partial charge in [0, 0.05) is 41.6 Å². The highest BCUT2D eigenvalue weighted by Crippen LogP contribution is 2.36. The number of aromatic nitrogens is 5. The van der Waals surface area contributed by atoms with E-state index in [4.69, 9.17) is 21.4 Å². The zero-order valence-corrected chi connectivity index (χ0v) is 18.4. The van der Waals surface area contributed by atoms with Gasteiger partial charge in [0.2, 0.25) is 5.91 Å². The number of ether oxygens (including phenoxy) is 1. The van der Waals surface area contributed by atoms with Crippen molar-refractivity contribution in [3.05, 3.63) is 59.6 Å². The van der Waals surface area contributed by atoms with Gasteiger partial charge in [-0.15, -0.1) is 0 Å². The molecular formula is C22H20ClN7O3. The molecule has 0 aliphatic carbocycles. The van der Waals surface area contributed by atoms with Crippen molar-refractivity contribution in [1.29, 1.82) is 0 Å². The molecule has 1 aliphatic heterocycles. The Labute approximate surface area is 193 Å². The number of nitrogens with one attached hydrogen (secondary N) is 2. The molecule has 0 saturated carbocycles. The van der Waals surface area contributed by atoms with E-state index in [0.717, 1.165) is 6.42 Å². The van der Waals surface area contributed by atoms with Crippen LogP contribution in [0.4, 0.5) is 5.69 Å². The summed E-state index contributed by atoms with van der Waals surface area (Å²) >= 11 is 6.24. The second-order valence-corrected chi connectivity index (χ2v) is 8.10. The Morgan fingerprint density at radius 2 is 2.27 bits per heavy atom. The van der Waals surface area contributed by atoms with Crippen molar-refractivity contribution in [3.8, 4) is 17.0 Å². The lowest BCUT2D eigenvalue weighted by Crippen LogP contribution is -2.29. The quantitative estimate of drug-likeness (QED) is 0.452. The van der Waals surface area contributed by atoms with Crippen molar-refractivity contribution in [2.75, 3.05) is 12.4 Å². The number of anilines is 1. The summed E-state index contributed by atoms with van der Waals surface area (Å²) in [6.45, 7) is 0.468. The van der Waals surface area contributed by atoms with Gasteiger partial charge in [-0.3, -0.25) is 14.3 Å². The van der Waals surface area contributed by atoms with E-state index >= 15 is 0 Å². The van der Waals surface area contributed by atoms with E-state index in [9.17, 15) is 9.59 Å². The first kappa shape index (κ1) is 21.0. The van der Waals surface area contributed by atoms with Crippen LogP contribution < -0.4 is 15.4 Å². The SMILES string of the molecule is COc1ccc(Cl)cc1-c1nn(CC2CCC(=O)N2)cc1NC(=O)c1cnn2cccnc12. The molecule has 33 heavy (non-hydrogen) atoms. The number of halogens is 1. The number of hydrogen-bond donors (Lipinski definition) is 2. The van der Waals surface area contributed by atoms with Gasteiger partial charge in [0.15, 0.2) is 5.65 Å². The van der Waals surface area contributed by atoms with Gasteiger partial charge in [-0.2, -0.15) is 10.2 Å². The summed E-state index contributed by atoms with van der Waals surface area (Å²) in [4.78, 5) is 29.0. The number of benzene rings is 1. The van der Waals surface area contributed by atoms with E-state index in [-0.39, 0.29) is 17.9 Å². The Bertz CT molecular complexity index is 1360. The maximum atomic E-state index is 13.1. The summed E-state index contributed by atoms with van der Waals surface area (Å²) in [6, 6.07) is 6.90. The van der Waals surface area contributed by atoms with Crippen molar-refractivity contribution in [2.45, 2.75) is 25.4 Å². The molecule has 2 amide bonds. The summed E-state index contributed by atoms with van der Waals surface area (Å²) < 4.78 is 8.73. The maximum absolute atomic E-state index is 13.1. The molecule has 3 aromatic heterocycles. The molecule has 11 heteroatoms. The average Bonchev–Trinajstić information content (AvgIpc) is 3.52. The number of methoxy groups -OCH3 is 1. The minimum atomic E-state index is -0.375. The highest BCUT2D eigenvalue weighted by atomic mass is 35.5. The molecule has 0 spiro atoms. The molecule has 4 aromatic rings. The number of carbonyl (C=O) groups is 2. The Kier molecular flexibility index (Phi) is 5.43. The van der Waals surface area contributed by atoms with Crippen LogP contribution in [0, 0.1) is 0 Å². The molecule has 1 fully saturated rings. The van der Waals surface area contributed by atoms with Crippen LogP contribution >= 0.6 is 11.6 Å². The third-order valence-corrected chi connectivity index (χ3v) is 5.68. The van der Waals surface area contributed by atoms with Gasteiger partial charge in [0.25, 0.3) is 5.91 Å². The molecule has 1 unspecified atom stereocenters. The average molecular weight is 466 g/mol. The standard InChI is InChI=1S/C22H20ClN7O3/c1-33-18-5-3-13(23)9-15(18)20-17(12-29(28-20)11-14-4-6-19(31)26-14)27-22(32)16-10-25-30-8-2-7-24-21(16)30/h2-3,5,7-10,12,14H,4,6,11H2,1H3,(H,26,31)(H,27,32). The van der Waals surface area contributed by atoms with Crippen molar-refractivity contribution in [3.63, 3.8) is 0 Å². The first-order valence-corrected chi connectivity index (χ1v) is 10.7. The van der Waals surface area contributed by atoms with Gasteiger partial charge in [-0.25, -0.2) is 9.50 Å². The van der Waals surface area contributed by atoms with Crippen LogP contribution in [-0.2, 0) is 11.3 Å². The van der Waals surface area contributed by atoms with Gasteiger partial charge in [0.1, 0.15) is 17.0 Å². The van der Waals surface area contributed by atoms with Gasteiger partial charge >= 0.3 is 0 Å². The van der Waals surface area contributed by atoms with E-state index in [1.54, 1.807) is 54.6 Å². The van der Waals surface area contributed by atoms with Crippen molar-refractivity contribution >= 4 is 34.7 Å². The zero-order chi connectivity index (χ0) is 22.9. The third-order valence-electron chi connectivity index (χ3n) is 5.44. The predicted octanol–water partition coefficient (Wildman–Crippen LogP) is 2.79. The van der Waals surface area contributed by atoms with Crippen LogP contribution in [0.15, 0.2) is 49.1 Å². The third kappa shape index (κ3) is 4.12. The molecule has 1 atom stereocenters. The van der Waals surface area contributed by atoms with Gasteiger partial charge < -0.3 is 15.4 Å². The summed E-state index contributed by atoms with van der Waals surface area (Å²) in [5.74, 6) is 0.213. The maximum Gasteiger partial charge on any atom is 0.261 e. The predicted molar refractivity (Wildman–Crippen MR) is 121 cm³/mol. The Balaban J connectivity index is 1.52. The summed E-state index contributed by atoms with van der Waals surface area (Å²) in [5.41, 5.74) is 2.37. The van der Waals surface area contributed by atoms with E-state index in [1.165, 1.54) is 10.7 Å². The molecular weight excluding hydrogens is 446 g/mol. The molecule has 0 radical (unpaired) electrons. The van der Waals surface area contributed by atoms with Crippen molar-refractivity contribution in [1.82, 2.24) is 29.7 Å². The van der Waals surface area contributed by atoms with Crippen LogP contribution in [0.2, 0.25) is 5.02 Å². The Morgan fingerprint density at radius 3 is 3.06 bits per heavy atom. The highest BCUT2D eigenvalue weighted by Gasteiger charge is 2.24. The van der Waals surface area contributed by atoms with Crippen molar-refractivity contribution in [2.24, 2.45) is 0 Å². The number of rotatable bonds is 6. The zero-order valence-electron chi connectivity index (χ0n) is 17.7. The van der Waals surface area contributed by atoms with E-state index in [2.05, 4.69) is 20.7 Å². The fourth-order valence-corrected chi connectivity index (χ4v) is 4.06. The number of hydrogen-bond acceptors (Lipinski definition) is 6. The minimum Gasteiger partial charge on any atom is -0.496 e. The molecule has 0 bridgehead atoms. The van der Waals surface area contributed by atoms with E-state index in [0.29, 0.717) is 51.9 Å². The summed E-state index contributed by atoms with van der Waals surface area (Å²) in [5, 5.41) is 15.2. The monoisotopic (exact) mass is 465 g/mol. The number of nitrogens with zero attached hydrogens (tertiary/aromatic N) is 5. The van der Waals surface area contributed by atoms with Gasteiger partial charge in [0.05, 0.1) is 25.5 Å². The van der Waals surface area contributed by atoms with Crippen LogP contribution in [0.5, 0.6) is 5.75 Å². The molecule has 1 saturated heterocycles. The smallest absolute Gasteiger partial charge is 0.261 e. The highest BCUT2D eigenvalue weighted by molar-refractivity contribution is 6.31. The fourth-order valence-electron chi connectivity index (χ4n) is 3.89. The van der Waals surface area contributed by atoms with Crippen LogP contribution in [0.25, 0.3) is 16.9 Å². The van der Waals surface area contributed by atoms with Crippen LogP contribution in [0.1, 0.15) is 23.2 Å². The van der Waals surface area contributed by atoms with Crippen LogP contribution in [-0.4, -0.2) is 49.3 Å². The Hall–Kier alpha value is -3.92. The molecule has 2 N–H and O–H groups in total. The molecule has 168 valence electrons. The van der Waals surface area contributed by atoms with E-state index in [1.807, 2.05) is 0 Å². The Morgan fingerprint density at radius 1 is 1.39 bits per heavy atom. The first-order chi connectivity index (χ1) is 16.0. The summed E-state index contributed by atoms with van der Waals surface area (Å²) in [6.07, 6.45) is 7.74. The molecule has 10 nitrogen and oxygen atoms in total. The molecule has 4 heterocycles. The number of fused-ring (bicyclic) bond motifs is 1. The largest absolute Gasteiger partial charge is 0.496 e. The summed E-state index contributed by atoms with van der Waals surface area (Å²) in [7, 11) is 1.56. The second kappa shape index (κ2) is 8.55. The van der Waals surface area contributed by atoms with E-state index < -0.39 is 0 Å². The first-order valence-electron chi connectivity index (χ1n) is 10.3. The molecule has 1 aromatic carbocycles. The number of carbonyl (C=O) groups excluding carboxylic acids is 2. The van der Waals surface area contributed by atoms with Gasteiger partial charge in [-0.1, -0.05) is 11.6 Å². The minimum absolute atomic E-state index is 0.0259. The lowest BCUT2D eigenvalue weighted by molar-refractivity contribution is -0.119. The molecule has 1 aliphatic rings. The van der Waals surface area contributed by atoms with Crippen LogP contribution in [0.3, 0.4) is 0 Å². The number of amides is 2. The lowest BCUT2D eigenvalue weighted by atomic mass is 10.1.